The number of carboxylic acids is 1. The Morgan fingerprint density at radius 3 is 2.76 bits per heavy atom. The van der Waals surface area contributed by atoms with Gasteiger partial charge in [-0.1, -0.05) is 12.1 Å². The lowest BCUT2D eigenvalue weighted by Crippen LogP contribution is -2.26. The minimum absolute atomic E-state index is 0.157. The summed E-state index contributed by atoms with van der Waals surface area (Å²) in [4.78, 5) is 11.1. The van der Waals surface area contributed by atoms with Crippen LogP contribution in [0.4, 0.5) is 0 Å². The smallest absolute Gasteiger partial charge is 0.339 e. The van der Waals surface area contributed by atoms with Crippen molar-refractivity contribution in [2.24, 2.45) is 0 Å². The normalized spacial score (nSPS) is 23.6. The van der Waals surface area contributed by atoms with Crippen molar-refractivity contribution < 1.29 is 19.7 Å². The van der Waals surface area contributed by atoms with E-state index in [4.69, 9.17) is 9.84 Å². The minimum Gasteiger partial charge on any atom is -0.487 e. The van der Waals surface area contributed by atoms with E-state index in [9.17, 15) is 9.90 Å². The molecule has 0 aliphatic heterocycles. The van der Waals surface area contributed by atoms with Crippen molar-refractivity contribution in [2.75, 3.05) is 0 Å². The highest BCUT2D eigenvalue weighted by atomic mass is 16.5. The molecule has 0 bridgehead atoms. The number of rotatable bonds is 3. The van der Waals surface area contributed by atoms with Gasteiger partial charge in [0.25, 0.3) is 0 Å². The molecule has 4 nitrogen and oxygen atoms in total. The molecule has 1 saturated carbocycles. The van der Waals surface area contributed by atoms with E-state index in [1.54, 1.807) is 6.07 Å². The maximum Gasteiger partial charge on any atom is 0.339 e. The predicted molar refractivity (Wildman–Crippen MR) is 62.4 cm³/mol. The summed E-state index contributed by atoms with van der Waals surface area (Å²) in [5.74, 6) is -0.623. The second kappa shape index (κ2) is 4.75. The van der Waals surface area contributed by atoms with Crippen molar-refractivity contribution in [3.63, 3.8) is 0 Å². The lowest BCUT2D eigenvalue weighted by molar-refractivity contribution is 0.0556. The van der Waals surface area contributed by atoms with Gasteiger partial charge in [0.2, 0.25) is 0 Å². The summed E-state index contributed by atoms with van der Waals surface area (Å²) < 4.78 is 5.68. The Bertz CT molecular complexity index is 427. The average Bonchev–Trinajstić information content (AvgIpc) is 2.67. The second-order valence-corrected chi connectivity index (χ2v) is 4.41. The lowest BCUT2D eigenvalue weighted by atomic mass is 10.1. The molecule has 2 atom stereocenters. The largest absolute Gasteiger partial charge is 0.487 e. The number of hydrogen-bond acceptors (Lipinski definition) is 3. The molecule has 0 spiro atoms. The van der Waals surface area contributed by atoms with Crippen LogP contribution in [-0.2, 0) is 0 Å². The van der Waals surface area contributed by atoms with Crippen LogP contribution in [0.25, 0.3) is 0 Å². The lowest BCUT2D eigenvalue weighted by Gasteiger charge is -2.20. The molecule has 0 radical (unpaired) electrons. The number of para-hydroxylation sites is 1. The molecule has 1 aliphatic carbocycles. The monoisotopic (exact) mass is 236 g/mol. The molecular weight excluding hydrogens is 220 g/mol. The summed E-state index contributed by atoms with van der Waals surface area (Å²) in [5.41, 5.74) is 0.938. The number of ether oxygens (including phenoxy) is 1. The second-order valence-electron chi connectivity index (χ2n) is 4.41. The number of aliphatic hydroxyl groups excluding tert-OH is 1. The molecule has 0 saturated heterocycles. The number of carboxylic acid groups (broad SMARTS) is 1. The molecule has 1 fully saturated rings. The quantitative estimate of drug-likeness (QED) is 0.842. The number of aryl methyl sites for hydroxylation is 1. The summed E-state index contributed by atoms with van der Waals surface area (Å²) in [7, 11) is 0. The number of hydrogen-bond donors (Lipinski definition) is 2. The van der Waals surface area contributed by atoms with Crippen LogP contribution in [-0.4, -0.2) is 28.4 Å². The molecule has 2 N–H and O–H groups in total. The van der Waals surface area contributed by atoms with Crippen LogP contribution >= 0.6 is 0 Å². The van der Waals surface area contributed by atoms with E-state index < -0.39 is 12.1 Å². The van der Waals surface area contributed by atoms with Gasteiger partial charge in [0.1, 0.15) is 17.4 Å². The van der Waals surface area contributed by atoms with Crippen molar-refractivity contribution in [3.05, 3.63) is 29.3 Å². The van der Waals surface area contributed by atoms with Crippen LogP contribution in [0.3, 0.4) is 0 Å². The Morgan fingerprint density at radius 2 is 2.18 bits per heavy atom. The van der Waals surface area contributed by atoms with Crippen LogP contribution in [0.2, 0.25) is 0 Å². The molecule has 2 unspecified atom stereocenters. The van der Waals surface area contributed by atoms with Crippen LogP contribution in [0.5, 0.6) is 5.75 Å². The standard InChI is InChI=1S/C13H16O4/c1-8-4-2-5-9(13(15)16)12(8)17-11-7-3-6-10(11)14/h2,4-5,10-11,14H,3,6-7H2,1H3,(H,15,16). The van der Waals surface area contributed by atoms with Gasteiger partial charge in [0.15, 0.2) is 0 Å². The summed E-state index contributed by atoms with van der Waals surface area (Å²) in [5, 5.41) is 18.8. The Kier molecular flexibility index (Phi) is 3.33. The highest BCUT2D eigenvalue weighted by Crippen LogP contribution is 2.29. The first-order valence-corrected chi connectivity index (χ1v) is 5.77. The van der Waals surface area contributed by atoms with Crippen molar-refractivity contribution >= 4 is 5.97 Å². The molecular formula is C13H16O4. The Labute approximate surface area is 99.8 Å². The Balaban J connectivity index is 2.27. The highest BCUT2D eigenvalue weighted by molar-refractivity contribution is 5.91. The van der Waals surface area contributed by atoms with E-state index in [0.29, 0.717) is 5.75 Å². The number of aliphatic hydroxyl groups is 1. The van der Waals surface area contributed by atoms with Gasteiger partial charge in [-0.3, -0.25) is 0 Å². The maximum atomic E-state index is 11.1. The van der Waals surface area contributed by atoms with Gasteiger partial charge in [-0.2, -0.15) is 0 Å². The summed E-state index contributed by atoms with van der Waals surface area (Å²) in [6.07, 6.45) is 1.64. The molecule has 0 heterocycles. The first kappa shape index (κ1) is 11.9. The van der Waals surface area contributed by atoms with Gasteiger partial charge in [0.05, 0.1) is 6.10 Å². The van der Waals surface area contributed by atoms with E-state index in [1.165, 1.54) is 6.07 Å². The molecule has 2 rings (SSSR count). The van der Waals surface area contributed by atoms with E-state index in [2.05, 4.69) is 0 Å². The number of benzene rings is 1. The fraction of sp³-hybridized carbons (Fsp3) is 0.462. The molecule has 4 heteroatoms. The predicted octanol–water partition coefficient (Wildman–Crippen LogP) is 1.99. The first-order valence-electron chi connectivity index (χ1n) is 5.77. The number of aromatic carboxylic acids is 1. The van der Waals surface area contributed by atoms with Crippen LogP contribution in [0.15, 0.2) is 18.2 Å². The molecule has 1 aliphatic rings. The van der Waals surface area contributed by atoms with E-state index in [0.717, 1.165) is 24.8 Å². The SMILES string of the molecule is Cc1cccc(C(=O)O)c1OC1CCCC1O. The van der Waals surface area contributed by atoms with Gasteiger partial charge in [-0.15, -0.1) is 0 Å². The first-order chi connectivity index (χ1) is 8.09. The fourth-order valence-corrected chi connectivity index (χ4v) is 2.17. The fourth-order valence-electron chi connectivity index (χ4n) is 2.17. The summed E-state index contributed by atoms with van der Waals surface area (Å²) >= 11 is 0. The van der Waals surface area contributed by atoms with Crippen LogP contribution in [0.1, 0.15) is 35.2 Å². The topological polar surface area (TPSA) is 66.8 Å². The van der Waals surface area contributed by atoms with Crippen molar-refractivity contribution in [3.8, 4) is 5.75 Å². The van der Waals surface area contributed by atoms with Gasteiger partial charge in [0, 0.05) is 0 Å². The summed E-state index contributed by atoms with van der Waals surface area (Å²) in [6.45, 7) is 1.81. The number of carbonyl (C=O) groups is 1. The van der Waals surface area contributed by atoms with Crippen molar-refractivity contribution in [2.45, 2.75) is 38.4 Å². The van der Waals surface area contributed by atoms with Crippen LogP contribution < -0.4 is 4.74 Å². The van der Waals surface area contributed by atoms with Crippen molar-refractivity contribution in [1.29, 1.82) is 0 Å². The van der Waals surface area contributed by atoms with Crippen molar-refractivity contribution in [1.82, 2.24) is 0 Å². The summed E-state index contributed by atoms with van der Waals surface area (Å²) in [6, 6.07) is 5.02. The van der Waals surface area contributed by atoms with E-state index in [-0.39, 0.29) is 11.7 Å². The van der Waals surface area contributed by atoms with Gasteiger partial charge in [-0.25, -0.2) is 4.79 Å². The van der Waals surface area contributed by atoms with E-state index >= 15 is 0 Å². The molecule has 1 aromatic rings. The Hall–Kier alpha value is -1.55. The minimum atomic E-state index is -1.00. The van der Waals surface area contributed by atoms with Gasteiger partial charge in [-0.05, 0) is 37.8 Å². The maximum absolute atomic E-state index is 11.1. The molecule has 0 amide bonds. The van der Waals surface area contributed by atoms with Gasteiger partial charge < -0.3 is 14.9 Å². The van der Waals surface area contributed by atoms with Gasteiger partial charge >= 0.3 is 5.97 Å². The zero-order valence-electron chi connectivity index (χ0n) is 9.72. The highest BCUT2D eigenvalue weighted by Gasteiger charge is 2.28. The third-order valence-corrected chi connectivity index (χ3v) is 3.13. The third kappa shape index (κ3) is 2.42. The zero-order chi connectivity index (χ0) is 12.4. The zero-order valence-corrected chi connectivity index (χ0v) is 9.72. The average molecular weight is 236 g/mol. The molecule has 1 aromatic carbocycles. The Morgan fingerprint density at radius 1 is 1.41 bits per heavy atom. The molecule has 92 valence electrons. The van der Waals surface area contributed by atoms with Crippen LogP contribution in [0, 0.1) is 6.92 Å². The molecule has 0 aromatic heterocycles. The van der Waals surface area contributed by atoms with E-state index in [1.807, 2.05) is 13.0 Å². The molecule has 17 heavy (non-hydrogen) atoms. The third-order valence-electron chi connectivity index (χ3n) is 3.13.